The van der Waals surface area contributed by atoms with Crippen LogP contribution in [0.4, 0.5) is 10.4 Å². The zero-order valence-corrected chi connectivity index (χ0v) is 7.85. The molecule has 0 saturated carbocycles. The fraction of sp³-hybridized carbons (Fsp3) is 0. The molecule has 0 saturated heterocycles. The number of halogens is 3. The van der Waals surface area contributed by atoms with Gasteiger partial charge in [-0.25, -0.2) is 0 Å². The van der Waals surface area contributed by atoms with Gasteiger partial charge in [0.15, 0.2) is 0 Å². The van der Waals surface area contributed by atoms with Gasteiger partial charge in [-0.05, 0) is 0 Å². The Morgan fingerprint density at radius 1 is 1.00 bits per heavy atom. The van der Waals surface area contributed by atoms with Crippen molar-refractivity contribution in [2.75, 3.05) is 0 Å². The van der Waals surface area contributed by atoms with Gasteiger partial charge in [-0.1, -0.05) is 0 Å². The first kappa shape index (κ1) is 9.55. The van der Waals surface area contributed by atoms with Crippen molar-refractivity contribution in [1.29, 1.82) is 0 Å². The van der Waals surface area contributed by atoms with Crippen molar-refractivity contribution in [3.63, 3.8) is 0 Å². The first-order chi connectivity index (χ1) is 1.73. The minimum atomic E-state index is -4.69. The van der Waals surface area contributed by atoms with E-state index in [-0.39, 0.29) is 27.3 Å². The summed E-state index contributed by atoms with van der Waals surface area (Å²) in [5.41, 5.74) is 0. The van der Waals surface area contributed by atoms with Crippen LogP contribution < -0.4 is 0 Å². The van der Waals surface area contributed by atoms with E-state index in [0.717, 1.165) is 0 Å². The van der Waals surface area contributed by atoms with Gasteiger partial charge in [0.25, 0.3) is 0 Å². The minimum Gasteiger partial charge on any atom is 0 e. The zero-order valence-electron chi connectivity index (χ0n) is 2.08. The van der Waals surface area contributed by atoms with Crippen LogP contribution >= 0.6 is 0 Å². The van der Waals surface area contributed by atoms with Crippen LogP contribution in [0.15, 0.2) is 0 Å². The quantitative estimate of drug-likeness (QED) is 0.564. The van der Waals surface area contributed by atoms with Crippen LogP contribution in [-0.4, -0.2) is 43.4 Å². The van der Waals surface area contributed by atoms with Crippen LogP contribution in [0.1, 0.15) is 0 Å². The molecule has 0 bridgehead atoms. The summed E-state index contributed by atoms with van der Waals surface area (Å²) in [6, 6.07) is 0. The predicted molar refractivity (Wildman–Crippen MR) is 14.8 cm³/mol. The molecule has 0 aromatic carbocycles. The summed E-state index contributed by atoms with van der Waals surface area (Å²) in [6.07, 6.45) is 0. The van der Waals surface area contributed by atoms with Gasteiger partial charge in [0, 0.05) is 27.3 Å². The maximum absolute atomic E-state index is 9.81. The average Bonchev–Trinajstić information content (AvgIpc) is 0.811. The maximum atomic E-state index is 9.81. The summed E-state index contributed by atoms with van der Waals surface area (Å²) in [5.74, 6) is 0. The third kappa shape index (κ3) is 34.9. The van der Waals surface area contributed by atoms with Gasteiger partial charge in [-0.2, -0.15) is 0 Å². The van der Waals surface area contributed by atoms with Crippen LogP contribution in [0.3, 0.4) is 0 Å². The van der Waals surface area contributed by atoms with Crippen molar-refractivity contribution >= 4 is 43.4 Å². The minimum absolute atomic E-state index is 0. The molecule has 0 aromatic heterocycles. The molecule has 0 fully saturated rings. The first-order valence-electron chi connectivity index (χ1n) is 0.507. The first-order valence-corrected chi connectivity index (χ1v) is 2.63. The number of hydrogen-bond donors (Lipinski definition) is 0. The second-order valence-corrected chi connectivity index (χ2v) is 0.996. The predicted octanol–water partition coefficient (Wildman–Crippen LogP) is 0.499. The molecule has 0 unspecified atom stereocenters. The van der Waals surface area contributed by atoms with Crippen molar-refractivity contribution in [2.24, 2.45) is 0 Å². The van der Waals surface area contributed by atoms with Crippen LogP contribution in [-0.2, 0) is 0 Å². The second-order valence-electron chi connectivity index (χ2n) is 0.192. The molecule has 0 nitrogen and oxygen atoms in total. The van der Waals surface area contributed by atoms with E-state index in [2.05, 4.69) is 0 Å². The Bertz CT molecular complexity index is 11.6. The molecule has 4 radical (unpaired) electrons. The molecule has 30 valence electrons. The van der Waals surface area contributed by atoms with E-state index in [1.807, 2.05) is 0 Å². The smallest absolute Gasteiger partial charge is 0 e. The van der Waals surface area contributed by atoms with Gasteiger partial charge >= 0.3 is 26.5 Å². The monoisotopic (exact) mass is 340 g/mol. The summed E-state index contributed by atoms with van der Waals surface area (Å²) < 4.78 is 29.4. The van der Waals surface area contributed by atoms with Crippen LogP contribution in [0.2, 0.25) is 0 Å². The average molecular weight is 339 g/mol. The Kier molecular flexibility index (Phi) is 10.1. The second kappa shape index (κ2) is 5.27. The van der Waals surface area contributed by atoms with Crippen LogP contribution in [0.25, 0.3) is 0 Å². The summed E-state index contributed by atoms with van der Waals surface area (Å²) in [5, 5.41) is 0. The normalized spacial score (nSPS) is 7.20. The molecule has 0 aromatic rings. The molecule has 0 heterocycles. The van der Waals surface area contributed by atoms with Crippen molar-refractivity contribution in [1.82, 2.24) is 0 Å². The van der Waals surface area contributed by atoms with E-state index in [9.17, 15) is 10.4 Å². The molecule has 0 N–H and O–H groups in total. The summed E-state index contributed by atoms with van der Waals surface area (Å²) >= 11 is -4.69. The molecule has 0 atom stereocenters. The standard InChI is InChI=1S/AsF3.Pb/c2-1(3)4;. The Labute approximate surface area is 53.7 Å². The third-order valence-corrected chi connectivity index (χ3v) is 0. The molecular weight excluding hydrogens is 339 g/mol. The third-order valence-electron chi connectivity index (χ3n) is 0. The Hall–Kier alpha value is 1.27. The molecule has 0 spiro atoms. The zero-order chi connectivity index (χ0) is 3.58. The Morgan fingerprint density at radius 2 is 1.00 bits per heavy atom. The fourth-order valence-electron chi connectivity index (χ4n) is 0. The van der Waals surface area contributed by atoms with Crippen molar-refractivity contribution in [3.8, 4) is 0 Å². The molecule has 0 aliphatic rings. The van der Waals surface area contributed by atoms with Crippen molar-refractivity contribution < 1.29 is 10.4 Å². The summed E-state index contributed by atoms with van der Waals surface area (Å²) in [4.78, 5) is 0. The molecule has 5 heavy (non-hydrogen) atoms. The topological polar surface area (TPSA) is 0 Å². The van der Waals surface area contributed by atoms with Gasteiger partial charge in [0.1, 0.15) is 0 Å². The van der Waals surface area contributed by atoms with Gasteiger partial charge in [0.05, 0.1) is 0 Å². The largest absolute Gasteiger partial charge is 0 e. The van der Waals surface area contributed by atoms with Crippen molar-refractivity contribution in [3.05, 3.63) is 0 Å². The van der Waals surface area contributed by atoms with Gasteiger partial charge in [-0.15, -0.1) is 0 Å². The van der Waals surface area contributed by atoms with Crippen LogP contribution in [0, 0.1) is 0 Å². The SMILES string of the molecule is F[As](F)F.[Pb]. The van der Waals surface area contributed by atoms with Gasteiger partial charge < -0.3 is 0 Å². The van der Waals surface area contributed by atoms with E-state index >= 15 is 0 Å². The maximum Gasteiger partial charge on any atom is 0 e. The fourth-order valence-corrected chi connectivity index (χ4v) is 0. The van der Waals surface area contributed by atoms with Crippen LogP contribution in [0.5, 0.6) is 0 Å². The molecule has 0 aliphatic carbocycles. The van der Waals surface area contributed by atoms with E-state index in [4.69, 9.17) is 0 Å². The number of rotatable bonds is 0. The van der Waals surface area contributed by atoms with E-state index in [0.29, 0.717) is 0 Å². The van der Waals surface area contributed by atoms with Crippen molar-refractivity contribution in [2.45, 2.75) is 0 Å². The summed E-state index contributed by atoms with van der Waals surface area (Å²) in [7, 11) is 0. The Balaban J connectivity index is 0. The molecule has 5 heteroatoms. The van der Waals surface area contributed by atoms with Gasteiger partial charge in [-0.3, -0.25) is 0 Å². The molecule has 0 rings (SSSR count). The van der Waals surface area contributed by atoms with E-state index in [1.54, 1.807) is 0 Å². The molecule has 0 aliphatic heterocycles. The molecular formula is AsF3Pb. The summed E-state index contributed by atoms with van der Waals surface area (Å²) in [6.45, 7) is 0. The van der Waals surface area contributed by atoms with E-state index < -0.39 is 16.1 Å². The van der Waals surface area contributed by atoms with E-state index in [1.165, 1.54) is 0 Å². The number of hydrogen-bond acceptors (Lipinski definition) is 0. The molecule has 0 amide bonds. The van der Waals surface area contributed by atoms with Gasteiger partial charge in [0.2, 0.25) is 0 Å². The Morgan fingerprint density at radius 3 is 1.00 bits per heavy atom.